The summed E-state index contributed by atoms with van der Waals surface area (Å²) in [4.78, 5) is 3.26. The SMILES string of the molecule is Cc1[nH]c2ccc(F)cc2c1CCNC(=S)Nc1ccc(F)cc1. The number of benzene rings is 2. The number of aryl methyl sites for hydroxylation is 1. The first-order chi connectivity index (χ1) is 11.5. The second-order valence-corrected chi connectivity index (χ2v) is 5.96. The van der Waals surface area contributed by atoms with Gasteiger partial charge in [0.05, 0.1) is 0 Å². The Bertz CT molecular complexity index is 872. The molecule has 1 aromatic heterocycles. The van der Waals surface area contributed by atoms with Crippen LogP contribution in [-0.4, -0.2) is 16.6 Å². The molecule has 3 aromatic rings. The molecular weight excluding hydrogens is 328 g/mol. The van der Waals surface area contributed by atoms with Gasteiger partial charge in [0.25, 0.3) is 0 Å². The van der Waals surface area contributed by atoms with Crippen LogP contribution in [0.5, 0.6) is 0 Å². The smallest absolute Gasteiger partial charge is 0.170 e. The quantitative estimate of drug-likeness (QED) is 0.618. The van der Waals surface area contributed by atoms with Crippen LogP contribution in [-0.2, 0) is 6.42 Å². The van der Waals surface area contributed by atoms with Gasteiger partial charge < -0.3 is 15.6 Å². The average molecular weight is 345 g/mol. The lowest BCUT2D eigenvalue weighted by Gasteiger charge is -2.10. The number of anilines is 1. The Morgan fingerprint density at radius 1 is 1.08 bits per heavy atom. The number of aromatic amines is 1. The molecule has 0 saturated carbocycles. The second kappa shape index (κ2) is 6.97. The molecule has 0 unspecified atom stereocenters. The van der Waals surface area contributed by atoms with Crippen LogP contribution >= 0.6 is 12.2 Å². The molecule has 0 spiro atoms. The van der Waals surface area contributed by atoms with Crippen LogP contribution in [0.25, 0.3) is 10.9 Å². The summed E-state index contributed by atoms with van der Waals surface area (Å²) < 4.78 is 26.3. The van der Waals surface area contributed by atoms with E-state index < -0.39 is 0 Å². The molecule has 0 atom stereocenters. The van der Waals surface area contributed by atoms with Crippen LogP contribution in [0, 0.1) is 18.6 Å². The van der Waals surface area contributed by atoms with Crippen LogP contribution in [0.1, 0.15) is 11.3 Å². The van der Waals surface area contributed by atoms with Gasteiger partial charge in [-0.2, -0.15) is 0 Å². The molecule has 0 amide bonds. The summed E-state index contributed by atoms with van der Waals surface area (Å²) in [5, 5.41) is 7.46. The number of rotatable bonds is 4. The van der Waals surface area contributed by atoms with Crippen molar-refractivity contribution >= 4 is 33.9 Å². The van der Waals surface area contributed by atoms with Crippen LogP contribution < -0.4 is 10.6 Å². The maximum Gasteiger partial charge on any atom is 0.170 e. The normalized spacial score (nSPS) is 10.8. The fourth-order valence-corrected chi connectivity index (χ4v) is 2.91. The predicted molar refractivity (Wildman–Crippen MR) is 97.3 cm³/mol. The lowest BCUT2D eigenvalue weighted by atomic mass is 10.1. The van der Waals surface area contributed by atoms with E-state index in [0.717, 1.165) is 27.8 Å². The summed E-state index contributed by atoms with van der Waals surface area (Å²) >= 11 is 5.23. The summed E-state index contributed by atoms with van der Waals surface area (Å²) in [5.74, 6) is -0.536. The minimum Gasteiger partial charge on any atom is -0.362 e. The Hall–Kier alpha value is -2.47. The van der Waals surface area contributed by atoms with Crippen molar-refractivity contribution in [2.45, 2.75) is 13.3 Å². The highest BCUT2D eigenvalue weighted by Gasteiger charge is 2.09. The third kappa shape index (κ3) is 3.71. The van der Waals surface area contributed by atoms with Crippen molar-refractivity contribution < 1.29 is 8.78 Å². The van der Waals surface area contributed by atoms with Crippen molar-refractivity contribution in [2.75, 3.05) is 11.9 Å². The van der Waals surface area contributed by atoms with Gasteiger partial charge >= 0.3 is 0 Å². The topological polar surface area (TPSA) is 39.9 Å². The molecule has 24 heavy (non-hydrogen) atoms. The summed E-state index contributed by atoms with van der Waals surface area (Å²) in [6, 6.07) is 10.7. The van der Waals surface area contributed by atoms with Gasteiger partial charge in [-0.05, 0) is 73.6 Å². The van der Waals surface area contributed by atoms with Crippen molar-refractivity contribution in [1.82, 2.24) is 10.3 Å². The minimum atomic E-state index is -0.290. The standard InChI is InChI=1S/C18H17F2N3S/c1-11-15(16-10-13(20)4-7-17(16)22-11)8-9-21-18(24)23-14-5-2-12(19)3-6-14/h2-7,10,22H,8-9H2,1H3,(H2,21,23,24). The van der Waals surface area contributed by atoms with Gasteiger partial charge in [-0.15, -0.1) is 0 Å². The predicted octanol–water partition coefficient (Wildman–Crippen LogP) is 4.28. The van der Waals surface area contributed by atoms with Crippen LogP contribution in [0.3, 0.4) is 0 Å². The molecule has 0 aliphatic carbocycles. The van der Waals surface area contributed by atoms with Gasteiger partial charge in [-0.3, -0.25) is 0 Å². The molecule has 1 heterocycles. The van der Waals surface area contributed by atoms with E-state index in [9.17, 15) is 8.78 Å². The number of nitrogens with one attached hydrogen (secondary N) is 3. The molecule has 0 fully saturated rings. The molecule has 2 aromatic carbocycles. The molecular formula is C18H17F2N3S. The van der Waals surface area contributed by atoms with Crippen LogP contribution in [0.2, 0.25) is 0 Å². The number of fused-ring (bicyclic) bond motifs is 1. The van der Waals surface area contributed by atoms with Gasteiger partial charge in [-0.25, -0.2) is 8.78 Å². The van der Waals surface area contributed by atoms with Crippen LogP contribution in [0.15, 0.2) is 42.5 Å². The van der Waals surface area contributed by atoms with E-state index in [2.05, 4.69) is 15.6 Å². The van der Waals surface area contributed by atoms with Crippen molar-refractivity contribution in [3.05, 3.63) is 65.4 Å². The van der Waals surface area contributed by atoms with Gasteiger partial charge in [-0.1, -0.05) is 0 Å². The summed E-state index contributed by atoms with van der Waals surface area (Å²) in [5.41, 5.74) is 3.74. The maximum atomic E-state index is 13.5. The Morgan fingerprint density at radius 2 is 1.79 bits per heavy atom. The molecule has 3 N–H and O–H groups in total. The largest absolute Gasteiger partial charge is 0.362 e. The number of hydrogen-bond acceptors (Lipinski definition) is 1. The minimum absolute atomic E-state index is 0.246. The van der Waals surface area contributed by atoms with E-state index in [4.69, 9.17) is 12.2 Å². The van der Waals surface area contributed by atoms with Crippen molar-refractivity contribution in [3.63, 3.8) is 0 Å². The zero-order chi connectivity index (χ0) is 17.1. The highest BCUT2D eigenvalue weighted by molar-refractivity contribution is 7.80. The average Bonchev–Trinajstić information content (AvgIpc) is 2.85. The van der Waals surface area contributed by atoms with E-state index >= 15 is 0 Å². The lowest BCUT2D eigenvalue weighted by molar-refractivity contribution is 0.628. The highest BCUT2D eigenvalue weighted by Crippen LogP contribution is 2.23. The van der Waals surface area contributed by atoms with Crippen LogP contribution in [0.4, 0.5) is 14.5 Å². The number of halogens is 2. The van der Waals surface area contributed by atoms with E-state index in [1.807, 2.05) is 6.92 Å². The Balaban J connectivity index is 1.60. The molecule has 3 nitrogen and oxygen atoms in total. The molecule has 0 bridgehead atoms. The fraction of sp³-hybridized carbons (Fsp3) is 0.167. The Labute approximate surface area is 144 Å². The second-order valence-electron chi connectivity index (χ2n) is 5.56. The third-order valence-corrected chi connectivity index (χ3v) is 4.09. The number of H-pyrrole nitrogens is 1. The first-order valence-electron chi connectivity index (χ1n) is 7.60. The van der Waals surface area contributed by atoms with E-state index in [-0.39, 0.29) is 11.6 Å². The first kappa shape index (κ1) is 16.4. The monoisotopic (exact) mass is 345 g/mol. The molecule has 0 aliphatic rings. The maximum absolute atomic E-state index is 13.5. The van der Waals surface area contributed by atoms with E-state index in [0.29, 0.717) is 18.1 Å². The van der Waals surface area contributed by atoms with Gasteiger partial charge in [0.2, 0.25) is 0 Å². The van der Waals surface area contributed by atoms with Gasteiger partial charge in [0.1, 0.15) is 11.6 Å². The molecule has 3 rings (SSSR count). The van der Waals surface area contributed by atoms with Gasteiger partial charge in [0, 0.05) is 28.8 Å². The molecule has 6 heteroatoms. The zero-order valence-electron chi connectivity index (χ0n) is 13.1. The summed E-state index contributed by atoms with van der Waals surface area (Å²) in [7, 11) is 0. The molecule has 124 valence electrons. The van der Waals surface area contributed by atoms with Crippen molar-refractivity contribution in [1.29, 1.82) is 0 Å². The number of aromatic nitrogens is 1. The summed E-state index contributed by atoms with van der Waals surface area (Å²) in [6.45, 7) is 2.58. The Kier molecular flexibility index (Phi) is 4.76. The van der Waals surface area contributed by atoms with E-state index in [1.54, 1.807) is 24.3 Å². The number of thiocarbonyl (C=S) groups is 1. The third-order valence-electron chi connectivity index (χ3n) is 3.84. The highest BCUT2D eigenvalue weighted by atomic mass is 32.1. The van der Waals surface area contributed by atoms with Crippen molar-refractivity contribution in [2.24, 2.45) is 0 Å². The first-order valence-corrected chi connectivity index (χ1v) is 8.01. The summed E-state index contributed by atoms with van der Waals surface area (Å²) in [6.07, 6.45) is 0.709. The zero-order valence-corrected chi connectivity index (χ0v) is 13.9. The number of hydrogen-bond donors (Lipinski definition) is 3. The van der Waals surface area contributed by atoms with Crippen molar-refractivity contribution in [3.8, 4) is 0 Å². The molecule has 0 saturated heterocycles. The fourth-order valence-electron chi connectivity index (χ4n) is 2.69. The molecule has 0 radical (unpaired) electrons. The van der Waals surface area contributed by atoms with E-state index in [1.165, 1.54) is 18.2 Å². The molecule has 0 aliphatic heterocycles. The Morgan fingerprint density at radius 3 is 2.54 bits per heavy atom. The van der Waals surface area contributed by atoms with Gasteiger partial charge in [0.15, 0.2) is 5.11 Å². The lowest BCUT2D eigenvalue weighted by Crippen LogP contribution is -2.30.